The van der Waals surface area contributed by atoms with Gasteiger partial charge in [-0.05, 0) is 43.7 Å². The van der Waals surface area contributed by atoms with Crippen LogP contribution in [0.15, 0.2) is 52.3 Å². The Morgan fingerprint density at radius 2 is 1.53 bits per heavy atom. The lowest BCUT2D eigenvalue weighted by molar-refractivity contribution is 0.601. The maximum Gasteiger partial charge on any atom is 0.261 e. The summed E-state index contributed by atoms with van der Waals surface area (Å²) in [5.74, 6) is 0. The minimum atomic E-state index is -3.56. The van der Waals surface area contributed by atoms with Gasteiger partial charge in [0.1, 0.15) is 0 Å². The first-order chi connectivity index (χ1) is 8.88. The molecule has 5 heteroatoms. The molecule has 0 aliphatic heterocycles. The molecule has 0 aliphatic rings. The molecule has 0 saturated carbocycles. The van der Waals surface area contributed by atoms with Gasteiger partial charge in [0.15, 0.2) is 0 Å². The van der Waals surface area contributed by atoms with Gasteiger partial charge in [-0.1, -0.05) is 23.8 Å². The number of hydrogen-bond acceptors (Lipinski definition) is 3. The quantitative estimate of drug-likeness (QED) is 0.852. The second-order valence-electron chi connectivity index (χ2n) is 4.44. The average molecular weight is 293 g/mol. The van der Waals surface area contributed by atoms with E-state index in [-0.39, 0.29) is 4.90 Å². The Hall–Kier alpha value is -1.46. The zero-order valence-corrected chi connectivity index (χ0v) is 12.4. The molecule has 0 bridgehead atoms. The van der Waals surface area contributed by atoms with E-state index in [2.05, 4.69) is 17.4 Å². The van der Waals surface area contributed by atoms with E-state index in [1.807, 2.05) is 26.0 Å². The van der Waals surface area contributed by atoms with Crippen LogP contribution in [0.2, 0.25) is 0 Å². The van der Waals surface area contributed by atoms with Gasteiger partial charge in [0.25, 0.3) is 10.0 Å². The summed E-state index contributed by atoms with van der Waals surface area (Å²) in [6.07, 6.45) is 0. The topological polar surface area (TPSA) is 46.2 Å². The number of benzene rings is 2. The van der Waals surface area contributed by atoms with Crippen molar-refractivity contribution in [2.45, 2.75) is 23.6 Å². The molecule has 1 N–H and O–H groups in total. The Kier molecular flexibility index (Phi) is 3.87. The molecule has 3 nitrogen and oxygen atoms in total. The molecule has 0 spiro atoms. The number of sulfonamides is 1. The van der Waals surface area contributed by atoms with Crippen LogP contribution in [0.4, 0.5) is 5.69 Å². The fraction of sp³-hybridized carbons (Fsp3) is 0.143. The minimum Gasteiger partial charge on any atom is -0.279 e. The standard InChI is InChI=1S/C14H15NO2S2/c1-10-3-6-12(7-4-10)19(16,17)15-13-8-5-11(2)9-14(13)18/h3-9,15,18H,1-2H3. The molecule has 19 heavy (non-hydrogen) atoms. The first-order valence-corrected chi connectivity index (χ1v) is 7.70. The predicted molar refractivity (Wildman–Crippen MR) is 80.4 cm³/mol. The third-order valence-electron chi connectivity index (χ3n) is 2.73. The van der Waals surface area contributed by atoms with Crippen LogP contribution in [0.3, 0.4) is 0 Å². The monoisotopic (exact) mass is 293 g/mol. The molecule has 2 aromatic rings. The summed E-state index contributed by atoms with van der Waals surface area (Å²) in [5.41, 5.74) is 2.53. The highest BCUT2D eigenvalue weighted by atomic mass is 32.2. The number of nitrogens with one attached hydrogen (secondary N) is 1. The van der Waals surface area contributed by atoms with Gasteiger partial charge in [0, 0.05) is 4.90 Å². The Morgan fingerprint density at radius 3 is 2.11 bits per heavy atom. The van der Waals surface area contributed by atoms with Crippen LogP contribution in [-0.2, 0) is 10.0 Å². The molecule has 0 amide bonds. The summed E-state index contributed by atoms with van der Waals surface area (Å²) in [4.78, 5) is 0.849. The van der Waals surface area contributed by atoms with Gasteiger partial charge in [0.2, 0.25) is 0 Å². The molecule has 100 valence electrons. The third-order valence-corrected chi connectivity index (χ3v) is 4.48. The second kappa shape index (κ2) is 5.27. The Labute approximate surface area is 119 Å². The number of aryl methyl sites for hydroxylation is 2. The molecular weight excluding hydrogens is 278 g/mol. The normalized spacial score (nSPS) is 11.3. The largest absolute Gasteiger partial charge is 0.279 e. The van der Waals surface area contributed by atoms with Crippen molar-refractivity contribution >= 4 is 28.3 Å². The zero-order valence-electron chi connectivity index (χ0n) is 10.7. The highest BCUT2D eigenvalue weighted by Gasteiger charge is 2.14. The van der Waals surface area contributed by atoms with Crippen molar-refractivity contribution in [3.8, 4) is 0 Å². The van der Waals surface area contributed by atoms with Crippen LogP contribution >= 0.6 is 12.6 Å². The molecule has 0 heterocycles. The second-order valence-corrected chi connectivity index (χ2v) is 6.60. The lowest BCUT2D eigenvalue weighted by Gasteiger charge is -2.10. The number of anilines is 1. The summed E-state index contributed by atoms with van der Waals surface area (Å²) in [7, 11) is -3.56. The first kappa shape index (κ1) is 14.0. The Balaban J connectivity index is 2.33. The van der Waals surface area contributed by atoms with Gasteiger partial charge >= 0.3 is 0 Å². The zero-order chi connectivity index (χ0) is 14.0. The van der Waals surface area contributed by atoms with Crippen molar-refractivity contribution < 1.29 is 8.42 Å². The lowest BCUT2D eigenvalue weighted by Crippen LogP contribution is -2.13. The molecule has 0 fully saturated rings. The van der Waals surface area contributed by atoms with Crippen molar-refractivity contribution in [3.63, 3.8) is 0 Å². The summed E-state index contributed by atoms with van der Waals surface area (Å²) in [6, 6.07) is 12.1. The fourth-order valence-electron chi connectivity index (χ4n) is 1.65. The van der Waals surface area contributed by atoms with Crippen molar-refractivity contribution in [2.75, 3.05) is 4.72 Å². The molecule has 0 aliphatic carbocycles. The number of thiol groups is 1. The van der Waals surface area contributed by atoms with Crippen LogP contribution in [0.5, 0.6) is 0 Å². The van der Waals surface area contributed by atoms with E-state index >= 15 is 0 Å². The fourth-order valence-corrected chi connectivity index (χ4v) is 3.14. The number of hydrogen-bond donors (Lipinski definition) is 2. The van der Waals surface area contributed by atoms with Crippen LogP contribution in [0.25, 0.3) is 0 Å². The third kappa shape index (κ3) is 3.30. The molecule has 0 unspecified atom stereocenters. The van der Waals surface area contributed by atoms with Crippen LogP contribution in [0, 0.1) is 13.8 Å². The van der Waals surface area contributed by atoms with E-state index in [9.17, 15) is 8.42 Å². The maximum absolute atomic E-state index is 12.2. The summed E-state index contributed by atoms with van der Waals surface area (Å²) < 4.78 is 27.0. The van der Waals surface area contributed by atoms with Gasteiger partial charge in [-0.15, -0.1) is 12.6 Å². The SMILES string of the molecule is Cc1ccc(S(=O)(=O)Nc2ccc(C)cc2S)cc1. The van der Waals surface area contributed by atoms with Gasteiger partial charge < -0.3 is 0 Å². The molecule has 0 atom stereocenters. The van der Waals surface area contributed by atoms with E-state index in [4.69, 9.17) is 0 Å². The number of rotatable bonds is 3. The van der Waals surface area contributed by atoms with E-state index in [0.29, 0.717) is 10.6 Å². The summed E-state index contributed by atoms with van der Waals surface area (Å²) >= 11 is 4.28. The van der Waals surface area contributed by atoms with Crippen LogP contribution in [0.1, 0.15) is 11.1 Å². The van der Waals surface area contributed by atoms with Crippen LogP contribution in [-0.4, -0.2) is 8.42 Å². The van der Waals surface area contributed by atoms with Gasteiger partial charge in [-0.3, -0.25) is 4.72 Å². The van der Waals surface area contributed by atoms with Gasteiger partial charge in [-0.2, -0.15) is 0 Å². The minimum absolute atomic E-state index is 0.242. The molecular formula is C14H15NO2S2. The smallest absolute Gasteiger partial charge is 0.261 e. The first-order valence-electron chi connectivity index (χ1n) is 5.77. The van der Waals surface area contributed by atoms with Crippen molar-refractivity contribution in [3.05, 3.63) is 53.6 Å². The lowest BCUT2D eigenvalue weighted by atomic mass is 10.2. The van der Waals surface area contributed by atoms with Crippen molar-refractivity contribution in [2.24, 2.45) is 0 Å². The summed E-state index contributed by atoms with van der Waals surface area (Å²) in [5, 5.41) is 0. The van der Waals surface area contributed by atoms with E-state index in [0.717, 1.165) is 11.1 Å². The van der Waals surface area contributed by atoms with Gasteiger partial charge in [-0.25, -0.2) is 8.42 Å². The predicted octanol–water partition coefficient (Wildman–Crippen LogP) is 3.39. The van der Waals surface area contributed by atoms with Crippen molar-refractivity contribution in [1.82, 2.24) is 0 Å². The van der Waals surface area contributed by atoms with Crippen LogP contribution < -0.4 is 4.72 Å². The molecule has 2 aromatic carbocycles. The van der Waals surface area contributed by atoms with E-state index < -0.39 is 10.0 Å². The Bertz CT molecular complexity index is 692. The molecule has 0 radical (unpaired) electrons. The van der Waals surface area contributed by atoms with E-state index in [1.54, 1.807) is 30.3 Å². The highest BCUT2D eigenvalue weighted by molar-refractivity contribution is 7.92. The molecule has 0 aromatic heterocycles. The van der Waals surface area contributed by atoms with Gasteiger partial charge in [0.05, 0.1) is 10.6 Å². The molecule has 2 rings (SSSR count). The average Bonchev–Trinajstić information content (AvgIpc) is 2.33. The van der Waals surface area contributed by atoms with Crippen molar-refractivity contribution in [1.29, 1.82) is 0 Å². The van der Waals surface area contributed by atoms with E-state index in [1.165, 1.54) is 0 Å². The highest BCUT2D eigenvalue weighted by Crippen LogP contribution is 2.24. The summed E-state index contributed by atoms with van der Waals surface area (Å²) in [6.45, 7) is 3.84. The molecule has 0 saturated heterocycles. The maximum atomic E-state index is 12.2. The Morgan fingerprint density at radius 1 is 0.947 bits per heavy atom.